The Morgan fingerprint density at radius 3 is 2.29 bits per heavy atom. The van der Waals surface area contributed by atoms with Crippen LogP contribution in [0.2, 0.25) is 0 Å². The summed E-state index contributed by atoms with van der Waals surface area (Å²) in [6.45, 7) is 0.770. The molecule has 0 radical (unpaired) electrons. The standard InChI is InChI=1S/C38H50N4O8S/c1-41(2)27-15-18-30-33(24-27)50-34-25-28(42(3)4)16-19-31(34)36(30)29-17-14-26(23-32(29)38(45)46)37(44)40-21-20-39-35(43)13-11-9-7-6-8-10-12-22-49-51(5,47)48/h14-19,23-25,27H,6-13,20-22H2,1-5H3,(H,39,43)(H,40,44)(H,45,46)/p+1. The SMILES string of the molecule is CN(C)c1ccc2c(c1)OC1=CC(N(C)C)C=CC1=C2c1ccc(C(=O)NCC[NH+]=C(O)CCCCCCCCCOS(C)(=O)=O)cc1C(=O)O. The van der Waals surface area contributed by atoms with Crippen LogP contribution in [0, 0.1) is 0 Å². The second kappa shape index (κ2) is 18.2. The van der Waals surface area contributed by atoms with E-state index in [1.165, 1.54) is 6.07 Å². The number of fused-ring (bicyclic) bond motifs is 2. The van der Waals surface area contributed by atoms with Gasteiger partial charge in [0.25, 0.3) is 16.0 Å². The highest BCUT2D eigenvalue weighted by Gasteiger charge is 2.30. The molecule has 1 heterocycles. The minimum atomic E-state index is -3.37. The van der Waals surface area contributed by atoms with Gasteiger partial charge in [0.2, 0.25) is 0 Å². The average Bonchev–Trinajstić information content (AvgIpc) is 3.08. The molecule has 2 aliphatic rings. The average molecular weight is 724 g/mol. The number of carboxylic acid groups (broad SMARTS) is 1. The number of rotatable bonds is 19. The Bertz CT molecular complexity index is 1810. The van der Waals surface area contributed by atoms with Crippen LogP contribution >= 0.6 is 0 Å². The maximum absolute atomic E-state index is 13.1. The number of ether oxygens (including phenoxy) is 1. The minimum Gasteiger partial charge on any atom is -0.478 e. The van der Waals surface area contributed by atoms with Crippen LogP contribution in [0.1, 0.15) is 83.2 Å². The molecule has 1 aliphatic carbocycles. The number of nitrogens with zero attached hydrogens (tertiary/aromatic N) is 2. The van der Waals surface area contributed by atoms with Crippen molar-refractivity contribution in [3.05, 3.63) is 88.2 Å². The molecule has 51 heavy (non-hydrogen) atoms. The molecular weight excluding hydrogens is 673 g/mol. The molecule has 2 aromatic rings. The Kier molecular flexibility index (Phi) is 14.0. The molecule has 1 aliphatic heterocycles. The first kappa shape index (κ1) is 39.3. The molecule has 4 N–H and O–H groups in total. The van der Waals surface area contributed by atoms with E-state index in [0.717, 1.165) is 67.2 Å². The third-order valence-corrected chi connectivity index (χ3v) is 9.36. The van der Waals surface area contributed by atoms with Gasteiger partial charge in [-0.05, 0) is 62.8 Å². The summed E-state index contributed by atoms with van der Waals surface area (Å²) in [5.74, 6) is -0.141. The number of hydrogen-bond acceptors (Lipinski definition) is 8. The van der Waals surface area contributed by atoms with Gasteiger partial charge in [-0.2, -0.15) is 8.42 Å². The Morgan fingerprint density at radius 1 is 0.941 bits per heavy atom. The quantitative estimate of drug-likeness (QED) is 0.0725. The molecular formula is C38H51N4O8S+. The fourth-order valence-electron chi connectivity index (χ4n) is 5.97. The number of allylic oxidation sites excluding steroid dienone is 1. The van der Waals surface area contributed by atoms with Crippen LogP contribution in [-0.4, -0.2) is 101 Å². The molecule has 0 spiro atoms. The van der Waals surface area contributed by atoms with Gasteiger partial charge in [0.15, 0.2) is 6.54 Å². The number of likely N-dealkylation sites (N-methyl/N-ethyl adjacent to an activating group) is 1. The van der Waals surface area contributed by atoms with Crippen LogP contribution in [0.5, 0.6) is 5.75 Å². The van der Waals surface area contributed by atoms with Crippen LogP contribution in [0.4, 0.5) is 5.69 Å². The first-order valence-electron chi connectivity index (χ1n) is 17.3. The Balaban J connectivity index is 1.36. The number of carboxylic acids is 1. The lowest BCUT2D eigenvalue weighted by Crippen LogP contribution is -2.75. The molecule has 276 valence electrons. The summed E-state index contributed by atoms with van der Waals surface area (Å²) in [7, 11) is 4.47. The van der Waals surface area contributed by atoms with Gasteiger partial charge in [-0.3, -0.25) is 13.9 Å². The number of aromatic carboxylic acids is 1. The summed E-state index contributed by atoms with van der Waals surface area (Å²) < 4.78 is 33.0. The van der Waals surface area contributed by atoms with Crippen molar-refractivity contribution in [2.75, 3.05) is 59.0 Å². The van der Waals surface area contributed by atoms with Gasteiger partial charge in [0.1, 0.15) is 11.5 Å². The zero-order valence-electron chi connectivity index (χ0n) is 30.2. The van der Waals surface area contributed by atoms with E-state index in [0.29, 0.717) is 36.5 Å². The van der Waals surface area contributed by atoms with E-state index in [1.807, 2.05) is 69.5 Å². The number of amides is 1. The number of benzene rings is 2. The van der Waals surface area contributed by atoms with Crippen LogP contribution in [0.3, 0.4) is 0 Å². The largest absolute Gasteiger partial charge is 0.478 e. The van der Waals surface area contributed by atoms with Gasteiger partial charge in [-0.1, -0.05) is 50.3 Å². The third-order valence-electron chi connectivity index (χ3n) is 8.76. The molecule has 0 bridgehead atoms. The predicted octanol–water partition coefficient (Wildman–Crippen LogP) is 3.89. The normalized spacial score (nSPS) is 15.6. The summed E-state index contributed by atoms with van der Waals surface area (Å²) in [5.41, 5.74) is 3.90. The lowest BCUT2D eigenvalue weighted by atomic mass is 9.84. The molecule has 13 heteroatoms. The highest BCUT2D eigenvalue weighted by atomic mass is 32.2. The van der Waals surface area contributed by atoms with E-state index in [-0.39, 0.29) is 36.2 Å². The van der Waals surface area contributed by atoms with Crippen molar-refractivity contribution in [2.24, 2.45) is 0 Å². The molecule has 0 aromatic heterocycles. The van der Waals surface area contributed by atoms with Crippen molar-refractivity contribution in [1.82, 2.24) is 10.2 Å². The summed E-state index contributed by atoms with van der Waals surface area (Å²) in [6.07, 6.45) is 14.1. The summed E-state index contributed by atoms with van der Waals surface area (Å²) in [4.78, 5) is 32.7. The van der Waals surface area contributed by atoms with E-state index < -0.39 is 22.0 Å². The Hall–Kier alpha value is -4.46. The lowest BCUT2D eigenvalue weighted by Gasteiger charge is -2.31. The fourth-order valence-corrected chi connectivity index (χ4v) is 6.39. The van der Waals surface area contributed by atoms with E-state index in [1.54, 1.807) is 12.1 Å². The van der Waals surface area contributed by atoms with E-state index in [2.05, 4.69) is 15.2 Å². The Morgan fingerprint density at radius 2 is 1.63 bits per heavy atom. The molecule has 1 amide bonds. The number of unbranched alkanes of at least 4 members (excludes halogenated alkanes) is 6. The topological polar surface area (TPSA) is 160 Å². The van der Waals surface area contributed by atoms with Crippen molar-refractivity contribution in [1.29, 1.82) is 0 Å². The number of aliphatic hydroxyl groups is 1. The fraction of sp³-hybridized carbons (Fsp3) is 0.447. The monoisotopic (exact) mass is 723 g/mol. The second-order valence-electron chi connectivity index (χ2n) is 13.3. The predicted molar refractivity (Wildman–Crippen MR) is 199 cm³/mol. The van der Waals surface area contributed by atoms with E-state index in [4.69, 9.17) is 8.92 Å². The molecule has 12 nitrogen and oxygen atoms in total. The van der Waals surface area contributed by atoms with Crippen molar-refractivity contribution in [2.45, 2.75) is 57.4 Å². The summed E-state index contributed by atoms with van der Waals surface area (Å²) in [6, 6.07) is 10.6. The molecule has 0 saturated heterocycles. The summed E-state index contributed by atoms with van der Waals surface area (Å²) in [5, 5.41) is 23.4. The van der Waals surface area contributed by atoms with E-state index in [9.17, 15) is 28.2 Å². The molecule has 1 atom stereocenters. The minimum absolute atomic E-state index is 0.00207. The first-order chi connectivity index (χ1) is 24.2. The smallest absolute Gasteiger partial charge is 0.336 e. The molecule has 4 rings (SSSR count). The van der Waals surface area contributed by atoms with Crippen molar-refractivity contribution < 1.29 is 42.1 Å². The number of aliphatic hydroxyl groups excluding tert-OH is 1. The summed E-state index contributed by atoms with van der Waals surface area (Å²) >= 11 is 0. The van der Waals surface area contributed by atoms with Gasteiger partial charge < -0.3 is 25.2 Å². The van der Waals surface area contributed by atoms with Gasteiger partial charge >= 0.3 is 11.9 Å². The van der Waals surface area contributed by atoms with Crippen molar-refractivity contribution in [3.8, 4) is 5.75 Å². The van der Waals surface area contributed by atoms with E-state index >= 15 is 0 Å². The van der Waals surface area contributed by atoms with Crippen LogP contribution < -0.4 is 19.9 Å². The van der Waals surface area contributed by atoms with Crippen molar-refractivity contribution >= 4 is 39.2 Å². The maximum Gasteiger partial charge on any atom is 0.336 e. The molecule has 1 unspecified atom stereocenters. The number of hydrogen-bond donors (Lipinski definition) is 4. The number of carbonyl (C=O) groups excluding carboxylic acids is 1. The number of carbonyl (C=O) groups is 2. The highest BCUT2D eigenvalue weighted by Crippen LogP contribution is 2.45. The van der Waals surface area contributed by atoms with Crippen molar-refractivity contribution in [3.63, 3.8) is 0 Å². The molecule has 0 saturated carbocycles. The van der Waals surface area contributed by atoms with Crippen LogP contribution in [0.25, 0.3) is 5.57 Å². The van der Waals surface area contributed by atoms with Gasteiger partial charge in [0.05, 0.1) is 31.4 Å². The third kappa shape index (κ3) is 11.3. The molecule has 2 aromatic carbocycles. The maximum atomic E-state index is 13.1. The number of nitrogens with one attached hydrogen (secondary N) is 2. The first-order valence-corrected chi connectivity index (χ1v) is 19.2. The zero-order valence-corrected chi connectivity index (χ0v) is 31.0. The van der Waals surface area contributed by atoms with Crippen LogP contribution in [0.15, 0.2) is 66.0 Å². The van der Waals surface area contributed by atoms with Gasteiger partial charge in [0, 0.05) is 54.2 Å². The Labute approximate surface area is 301 Å². The molecule has 0 fully saturated rings. The van der Waals surface area contributed by atoms with Gasteiger partial charge in [-0.15, -0.1) is 0 Å². The lowest BCUT2D eigenvalue weighted by molar-refractivity contribution is -0.465. The van der Waals surface area contributed by atoms with Crippen LogP contribution in [-0.2, 0) is 14.3 Å². The van der Waals surface area contributed by atoms with Gasteiger partial charge in [-0.25, -0.2) is 9.79 Å². The highest BCUT2D eigenvalue weighted by molar-refractivity contribution is 7.85. The zero-order chi connectivity index (χ0) is 37.1. The number of anilines is 1. The second-order valence-corrected chi connectivity index (χ2v) is 14.9.